The Morgan fingerprint density at radius 2 is 1.91 bits per heavy atom. The Labute approximate surface area is 188 Å². The number of imide groups is 1. The molecule has 3 amide bonds. The standard InChI is InChI=1S/C24H30N4O4/c1-32-15-5-12-28-23(31)27(18-20-7-2-3-11-25-20)22(30)24(28)9-13-26(14-10-24)17-19-6-4-8-21(29)16-19/h2-4,6-8,11,16,29H,5,9-10,12-15,17-18H2,1H3. The van der Waals surface area contributed by atoms with E-state index in [1.54, 1.807) is 30.3 Å². The van der Waals surface area contributed by atoms with Gasteiger partial charge in [-0.15, -0.1) is 0 Å². The lowest BCUT2D eigenvalue weighted by atomic mass is 9.85. The van der Waals surface area contributed by atoms with Crippen molar-refractivity contribution in [2.45, 2.75) is 37.9 Å². The lowest BCUT2D eigenvalue weighted by Gasteiger charge is -2.42. The van der Waals surface area contributed by atoms with Crippen LogP contribution < -0.4 is 0 Å². The Hall–Kier alpha value is -2.97. The van der Waals surface area contributed by atoms with Crippen molar-refractivity contribution in [3.05, 3.63) is 59.9 Å². The Bertz CT molecular complexity index is 944. The molecule has 8 heteroatoms. The first kappa shape index (κ1) is 22.2. The summed E-state index contributed by atoms with van der Waals surface area (Å²) in [6, 6.07) is 12.5. The van der Waals surface area contributed by atoms with Crippen LogP contribution >= 0.6 is 0 Å². The molecule has 2 aliphatic heterocycles. The number of likely N-dealkylation sites (tertiary alicyclic amines) is 1. The van der Waals surface area contributed by atoms with Crippen LogP contribution in [0.3, 0.4) is 0 Å². The summed E-state index contributed by atoms with van der Waals surface area (Å²) in [5, 5.41) is 9.73. The molecule has 170 valence electrons. The number of aromatic hydroxyl groups is 1. The number of hydrogen-bond donors (Lipinski definition) is 1. The highest BCUT2D eigenvalue weighted by atomic mass is 16.5. The average molecular weight is 439 g/mol. The smallest absolute Gasteiger partial charge is 0.328 e. The van der Waals surface area contributed by atoms with E-state index in [0.29, 0.717) is 57.7 Å². The monoisotopic (exact) mass is 438 g/mol. The predicted molar refractivity (Wildman–Crippen MR) is 119 cm³/mol. The molecule has 1 spiro atoms. The molecule has 2 aliphatic rings. The van der Waals surface area contributed by atoms with Crippen LogP contribution in [0.5, 0.6) is 5.75 Å². The van der Waals surface area contributed by atoms with Gasteiger partial charge in [0.2, 0.25) is 0 Å². The number of benzene rings is 1. The molecule has 4 rings (SSSR count). The van der Waals surface area contributed by atoms with Gasteiger partial charge in [0.25, 0.3) is 5.91 Å². The minimum Gasteiger partial charge on any atom is -0.508 e. The molecule has 3 heterocycles. The van der Waals surface area contributed by atoms with Gasteiger partial charge in [-0.25, -0.2) is 4.79 Å². The van der Waals surface area contributed by atoms with Gasteiger partial charge < -0.3 is 14.7 Å². The lowest BCUT2D eigenvalue weighted by molar-refractivity contribution is -0.136. The fourth-order valence-electron chi connectivity index (χ4n) is 4.73. The van der Waals surface area contributed by atoms with Gasteiger partial charge in [-0.3, -0.25) is 19.6 Å². The van der Waals surface area contributed by atoms with E-state index in [9.17, 15) is 14.7 Å². The molecule has 1 N–H and O–H groups in total. The summed E-state index contributed by atoms with van der Waals surface area (Å²) < 4.78 is 5.18. The summed E-state index contributed by atoms with van der Waals surface area (Å²) in [7, 11) is 1.64. The first-order chi connectivity index (χ1) is 15.5. The summed E-state index contributed by atoms with van der Waals surface area (Å²) in [6.07, 6.45) is 3.53. The number of urea groups is 1. The summed E-state index contributed by atoms with van der Waals surface area (Å²) in [6.45, 7) is 3.32. The number of rotatable bonds is 8. The van der Waals surface area contributed by atoms with Crippen LogP contribution in [0, 0.1) is 0 Å². The SMILES string of the molecule is COCCCN1C(=O)N(Cc2ccccn2)C(=O)C12CCN(Cc1cccc(O)c1)CC2. The van der Waals surface area contributed by atoms with E-state index < -0.39 is 5.54 Å². The second-order valence-electron chi connectivity index (χ2n) is 8.47. The summed E-state index contributed by atoms with van der Waals surface area (Å²) in [5.74, 6) is 0.129. The molecule has 0 radical (unpaired) electrons. The maximum Gasteiger partial charge on any atom is 0.328 e. The zero-order valence-electron chi connectivity index (χ0n) is 18.4. The zero-order valence-corrected chi connectivity index (χ0v) is 18.4. The number of methoxy groups -OCH3 is 1. The fourth-order valence-corrected chi connectivity index (χ4v) is 4.73. The molecule has 0 saturated carbocycles. The van der Waals surface area contributed by atoms with Crippen molar-refractivity contribution >= 4 is 11.9 Å². The molecule has 1 aromatic heterocycles. The van der Waals surface area contributed by atoms with E-state index in [0.717, 1.165) is 5.56 Å². The number of aromatic nitrogens is 1. The Morgan fingerprint density at radius 1 is 1.09 bits per heavy atom. The van der Waals surface area contributed by atoms with Gasteiger partial charge in [0.15, 0.2) is 0 Å². The summed E-state index contributed by atoms with van der Waals surface area (Å²) >= 11 is 0. The molecule has 0 atom stereocenters. The summed E-state index contributed by atoms with van der Waals surface area (Å²) in [4.78, 5) is 36.6. The molecule has 0 aliphatic carbocycles. The first-order valence-corrected chi connectivity index (χ1v) is 11.1. The minimum atomic E-state index is -0.811. The van der Waals surface area contributed by atoms with E-state index >= 15 is 0 Å². The van der Waals surface area contributed by atoms with Crippen molar-refractivity contribution in [2.75, 3.05) is 33.4 Å². The van der Waals surface area contributed by atoms with Crippen LogP contribution in [-0.2, 0) is 22.6 Å². The third kappa shape index (κ3) is 4.47. The molecular formula is C24H30N4O4. The van der Waals surface area contributed by atoms with Crippen molar-refractivity contribution < 1.29 is 19.4 Å². The molecule has 8 nitrogen and oxygen atoms in total. The van der Waals surface area contributed by atoms with Gasteiger partial charge in [0.05, 0.1) is 12.2 Å². The molecule has 0 bridgehead atoms. The number of amides is 3. The van der Waals surface area contributed by atoms with Crippen LogP contribution in [0.1, 0.15) is 30.5 Å². The zero-order chi connectivity index (χ0) is 22.6. The highest BCUT2D eigenvalue weighted by Gasteiger charge is 2.57. The second-order valence-corrected chi connectivity index (χ2v) is 8.47. The van der Waals surface area contributed by atoms with Gasteiger partial charge in [-0.05, 0) is 49.1 Å². The van der Waals surface area contributed by atoms with E-state index in [-0.39, 0.29) is 24.2 Å². The van der Waals surface area contributed by atoms with Crippen LogP contribution in [0.4, 0.5) is 4.79 Å². The number of ether oxygens (including phenoxy) is 1. The number of nitrogens with zero attached hydrogens (tertiary/aromatic N) is 4. The highest BCUT2D eigenvalue weighted by molar-refractivity contribution is 6.07. The highest BCUT2D eigenvalue weighted by Crippen LogP contribution is 2.38. The summed E-state index contributed by atoms with van der Waals surface area (Å²) in [5.41, 5.74) is 0.919. The van der Waals surface area contributed by atoms with Crippen LogP contribution in [0.2, 0.25) is 0 Å². The van der Waals surface area contributed by atoms with Crippen LogP contribution in [0.25, 0.3) is 0 Å². The van der Waals surface area contributed by atoms with E-state index in [4.69, 9.17) is 4.74 Å². The van der Waals surface area contributed by atoms with Crippen molar-refractivity contribution in [2.24, 2.45) is 0 Å². The average Bonchev–Trinajstić information content (AvgIpc) is 2.98. The molecule has 0 unspecified atom stereocenters. The number of phenolic OH excluding ortho intramolecular Hbond substituents is 1. The minimum absolute atomic E-state index is 0.123. The normalized spacial score (nSPS) is 18.7. The van der Waals surface area contributed by atoms with Gasteiger partial charge in [0, 0.05) is 46.1 Å². The molecule has 2 fully saturated rings. The third-order valence-corrected chi connectivity index (χ3v) is 6.40. The van der Waals surface area contributed by atoms with Crippen molar-refractivity contribution in [3.8, 4) is 5.75 Å². The number of carbonyl (C=O) groups is 2. The molecular weight excluding hydrogens is 408 g/mol. The Kier molecular flexibility index (Phi) is 6.72. The number of pyridine rings is 1. The maximum atomic E-state index is 13.6. The predicted octanol–water partition coefficient (Wildman–Crippen LogP) is 2.62. The molecule has 1 aromatic carbocycles. The molecule has 32 heavy (non-hydrogen) atoms. The second kappa shape index (κ2) is 9.67. The number of phenols is 1. The van der Waals surface area contributed by atoms with Gasteiger partial charge in [0.1, 0.15) is 11.3 Å². The first-order valence-electron chi connectivity index (χ1n) is 11.1. The van der Waals surface area contributed by atoms with Crippen LogP contribution in [0.15, 0.2) is 48.7 Å². The van der Waals surface area contributed by atoms with Gasteiger partial charge in [-0.1, -0.05) is 18.2 Å². The lowest BCUT2D eigenvalue weighted by Crippen LogP contribution is -2.56. The van der Waals surface area contributed by atoms with E-state index in [1.807, 2.05) is 30.3 Å². The Balaban J connectivity index is 1.50. The maximum absolute atomic E-state index is 13.6. The number of hydrogen-bond acceptors (Lipinski definition) is 6. The van der Waals surface area contributed by atoms with Crippen molar-refractivity contribution in [1.29, 1.82) is 0 Å². The topological polar surface area (TPSA) is 86.2 Å². The number of carbonyl (C=O) groups excluding carboxylic acids is 2. The third-order valence-electron chi connectivity index (χ3n) is 6.40. The molecule has 2 saturated heterocycles. The van der Waals surface area contributed by atoms with Crippen LogP contribution in [-0.4, -0.2) is 75.6 Å². The van der Waals surface area contributed by atoms with Gasteiger partial charge >= 0.3 is 6.03 Å². The fraction of sp³-hybridized carbons (Fsp3) is 0.458. The molecule has 2 aromatic rings. The van der Waals surface area contributed by atoms with Gasteiger partial charge in [-0.2, -0.15) is 0 Å². The van der Waals surface area contributed by atoms with E-state index in [1.165, 1.54) is 4.90 Å². The van der Waals surface area contributed by atoms with Crippen molar-refractivity contribution in [1.82, 2.24) is 19.7 Å². The quantitative estimate of drug-likeness (QED) is 0.504. The van der Waals surface area contributed by atoms with E-state index in [2.05, 4.69) is 9.88 Å². The van der Waals surface area contributed by atoms with Crippen molar-refractivity contribution in [3.63, 3.8) is 0 Å². The largest absolute Gasteiger partial charge is 0.508 e. The Morgan fingerprint density at radius 3 is 2.59 bits per heavy atom. The number of piperidine rings is 1.